The lowest BCUT2D eigenvalue weighted by molar-refractivity contribution is -0.0612. The number of fused-ring (bicyclic) bond motifs is 1. The summed E-state index contributed by atoms with van der Waals surface area (Å²) in [6, 6.07) is 7.55. The number of nitrogens with zero attached hydrogens (tertiary/aromatic N) is 5. The summed E-state index contributed by atoms with van der Waals surface area (Å²) < 4.78 is 73.8. The third kappa shape index (κ3) is 9.85. The van der Waals surface area contributed by atoms with Gasteiger partial charge in [-0.15, -0.1) is 0 Å². The first kappa shape index (κ1) is 39.8. The maximum Gasteiger partial charge on any atom is 0.410 e. The Hall–Kier alpha value is -3.89. The van der Waals surface area contributed by atoms with E-state index in [9.17, 15) is 18.0 Å². The van der Waals surface area contributed by atoms with Gasteiger partial charge in [0.1, 0.15) is 29.1 Å². The van der Waals surface area contributed by atoms with Crippen LogP contribution < -0.4 is 15.8 Å². The van der Waals surface area contributed by atoms with Gasteiger partial charge in [0.05, 0.1) is 30.1 Å². The highest BCUT2D eigenvalue weighted by atomic mass is 32.2. The molecule has 0 aliphatic carbocycles. The van der Waals surface area contributed by atoms with Crippen LogP contribution in [0.2, 0.25) is 0 Å². The van der Waals surface area contributed by atoms with Crippen molar-refractivity contribution >= 4 is 38.5 Å². The Labute approximate surface area is 315 Å². The molecular formula is C38H52F2N6O7S. The van der Waals surface area contributed by atoms with Crippen LogP contribution in [0.3, 0.4) is 0 Å². The smallest absolute Gasteiger partial charge is 0.410 e. The molecule has 1 amide bonds. The van der Waals surface area contributed by atoms with Gasteiger partial charge in [-0.25, -0.2) is 32.0 Å². The fourth-order valence-corrected chi connectivity index (χ4v) is 8.36. The van der Waals surface area contributed by atoms with Gasteiger partial charge in [0.15, 0.2) is 16.1 Å². The van der Waals surface area contributed by atoms with E-state index < -0.39 is 39.9 Å². The summed E-state index contributed by atoms with van der Waals surface area (Å²) in [5.74, 6) is -3.14. The zero-order valence-corrected chi connectivity index (χ0v) is 32.4. The van der Waals surface area contributed by atoms with Crippen molar-refractivity contribution in [1.82, 2.24) is 19.4 Å². The van der Waals surface area contributed by atoms with Gasteiger partial charge in [0.25, 0.3) is 11.5 Å². The van der Waals surface area contributed by atoms with Crippen molar-refractivity contribution in [2.75, 3.05) is 61.1 Å². The standard InChI is InChI=1S/C38H52F2N6O7S/c1-26(28-10-9-11-29(20-28)38(39,40)22-27-23-45(24-27)36(48)53-37(2,3)4)43-33-30-21-31(44-14-18-54(49,50)19-15-44)35(47)46(34(30)42-25-41-33)13-8-6-5-7-12-32-51-16-17-52-32/h9-11,20-21,25-27,32H,5-8,12-19,22-24H2,1-4H3,(H,41,42,43)/t26-/m1/s1. The Morgan fingerprint density at radius 2 is 1.74 bits per heavy atom. The number of likely N-dealkylation sites (tertiary alicyclic amines) is 1. The zero-order chi connectivity index (χ0) is 38.7. The molecule has 3 fully saturated rings. The molecule has 16 heteroatoms. The van der Waals surface area contributed by atoms with Crippen molar-refractivity contribution in [3.63, 3.8) is 0 Å². The van der Waals surface area contributed by atoms with Crippen molar-refractivity contribution in [1.29, 1.82) is 0 Å². The molecule has 0 bridgehead atoms. The number of ether oxygens (including phenoxy) is 3. The van der Waals surface area contributed by atoms with Crippen molar-refractivity contribution in [3.05, 3.63) is 58.1 Å². The number of anilines is 2. The number of unbranched alkanes of at least 4 members (excludes halogenated alkanes) is 3. The van der Waals surface area contributed by atoms with Gasteiger partial charge < -0.3 is 29.3 Å². The molecule has 3 aliphatic heterocycles. The van der Waals surface area contributed by atoms with Crippen LogP contribution in [0.4, 0.5) is 25.1 Å². The van der Waals surface area contributed by atoms with Gasteiger partial charge in [-0.3, -0.25) is 9.36 Å². The van der Waals surface area contributed by atoms with Crippen molar-refractivity contribution in [2.45, 2.75) is 96.6 Å². The molecule has 2 aromatic heterocycles. The highest BCUT2D eigenvalue weighted by molar-refractivity contribution is 7.91. The number of hydrogen-bond acceptors (Lipinski definition) is 11. The third-order valence-electron chi connectivity index (χ3n) is 10.1. The minimum Gasteiger partial charge on any atom is -0.444 e. The summed E-state index contributed by atoms with van der Waals surface area (Å²) in [5, 5.41) is 3.95. The number of benzene rings is 1. The van der Waals surface area contributed by atoms with Crippen molar-refractivity contribution in [2.24, 2.45) is 5.92 Å². The number of carbonyl (C=O) groups is 1. The van der Waals surface area contributed by atoms with E-state index in [4.69, 9.17) is 14.2 Å². The topological polar surface area (TPSA) is 145 Å². The Morgan fingerprint density at radius 3 is 2.44 bits per heavy atom. The molecule has 1 atom stereocenters. The predicted octanol–water partition coefficient (Wildman–Crippen LogP) is 5.87. The Balaban J connectivity index is 1.18. The van der Waals surface area contributed by atoms with Gasteiger partial charge in [0.2, 0.25) is 0 Å². The molecule has 3 aromatic rings. The number of alkyl halides is 2. The SMILES string of the molecule is C[C@@H](Nc1ncnc2c1cc(N1CCS(=O)(=O)CC1)c(=O)n2CCCCCCC1OCCO1)c1cccc(C(F)(F)CC2CN(C(=O)OC(C)(C)C)C2)c1. The van der Waals surface area contributed by atoms with E-state index in [1.165, 1.54) is 23.4 Å². The van der Waals surface area contributed by atoms with Crippen molar-refractivity contribution in [3.8, 4) is 0 Å². The second-order valence-electron chi connectivity index (χ2n) is 15.6. The van der Waals surface area contributed by atoms with Crippen LogP contribution in [0, 0.1) is 5.92 Å². The average Bonchev–Trinajstić information content (AvgIpc) is 3.61. The third-order valence-corrected chi connectivity index (χ3v) is 11.7. The first-order chi connectivity index (χ1) is 25.6. The van der Waals surface area contributed by atoms with Crippen LogP contribution in [-0.2, 0) is 36.5 Å². The lowest BCUT2D eigenvalue weighted by Crippen LogP contribution is -2.52. The molecule has 1 N–H and O–H groups in total. The maximum atomic E-state index is 15.6. The number of pyridine rings is 1. The molecule has 3 saturated heterocycles. The Bertz CT molecular complexity index is 1950. The van der Waals surface area contributed by atoms with Gasteiger partial charge in [-0.2, -0.15) is 0 Å². The number of halogens is 2. The minimum absolute atomic E-state index is 0.0456. The molecule has 0 radical (unpaired) electrons. The number of sulfone groups is 1. The predicted molar refractivity (Wildman–Crippen MR) is 202 cm³/mol. The number of rotatable bonds is 14. The van der Waals surface area contributed by atoms with E-state index >= 15 is 8.78 Å². The molecule has 6 rings (SSSR count). The second-order valence-corrected chi connectivity index (χ2v) is 17.9. The maximum absolute atomic E-state index is 15.6. The molecule has 5 heterocycles. The van der Waals surface area contributed by atoms with Gasteiger partial charge in [0, 0.05) is 56.7 Å². The fourth-order valence-electron chi connectivity index (χ4n) is 7.16. The molecular weight excluding hydrogens is 723 g/mol. The Kier molecular flexibility index (Phi) is 12.1. The molecule has 296 valence electrons. The quantitative estimate of drug-likeness (QED) is 0.196. The summed E-state index contributed by atoms with van der Waals surface area (Å²) >= 11 is 0. The molecule has 0 spiro atoms. The molecule has 0 saturated carbocycles. The van der Waals surface area contributed by atoms with E-state index in [-0.39, 0.29) is 61.0 Å². The number of nitrogens with one attached hydrogen (secondary N) is 1. The van der Waals surface area contributed by atoms with Gasteiger partial charge in [-0.05, 0) is 64.7 Å². The number of hydrogen-bond donors (Lipinski definition) is 1. The zero-order valence-electron chi connectivity index (χ0n) is 31.6. The Morgan fingerprint density at radius 1 is 1.04 bits per heavy atom. The number of aryl methyl sites for hydroxylation is 1. The lowest BCUT2D eigenvalue weighted by atomic mass is 9.89. The van der Waals surface area contributed by atoms with Gasteiger partial charge >= 0.3 is 6.09 Å². The molecule has 0 unspecified atom stereocenters. The normalized spacial score (nSPS) is 18.9. The lowest BCUT2D eigenvalue weighted by Gasteiger charge is -2.41. The van der Waals surface area contributed by atoms with Crippen LogP contribution in [0.15, 0.2) is 41.5 Å². The van der Waals surface area contributed by atoms with Crippen LogP contribution in [0.1, 0.15) is 83.4 Å². The number of aromatic nitrogens is 3. The first-order valence-corrected chi connectivity index (χ1v) is 20.7. The minimum atomic E-state index is -3.18. The monoisotopic (exact) mass is 774 g/mol. The second kappa shape index (κ2) is 16.5. The van der Waals surface area contributed by atoms with E-state index in [0.29, 0.717) is 47.9 Å². The number of carbonyl (C=O) groups excluding carboxylic acids is 1. The highest BCUT2D eigenvalue weighted by Crippen LogP contribution is 2.39. The number of amides is 1. The van der Waals surface area contributed by atoms with E-state index in [1.807, 2.05) is 11.8 Å². The van der Waals surface area contributed by atoms with Crippen LogP contribution in [0.25, 0.3) is 11.0 Å². The summed E-state index contributed by atoms with van der Waals surface area (Å²) in [7, 11) is -3.18. The van der Waals surface area contributed by atoms with Crippen molar-refractivity contribution < 1.29 is 36.2 Å². The van der Waals surface area contributed by atoms with E-state index in [2.05, 4.69) is 15.3 Å². The largest absolute Gasteiger partial charge is 0.444 e. The molecule has 13 nitrogen and oxygen atoms in total. The molecule has 1 aromatic carbocycles. The van der Waals surface area contributed by atoms with E-state index in [0.717, 1.165) is 32.1 Å². The fraction of sp³-hybridized carbons (Fsp3) is 0.632. The molecule has 3 aliphatic rings. The highest BCUT2D eigenvalue weighted by Gasteiger charge is 2.42. The van der Waals surface area contributed by atoms with Gasteiger partial charge in [-0.1, -0.05) is 31.0 Å². The van der Waals surface area contributed by atoms with Crippen LogP contribution >= 0.6 is 0 Å². The summed E-state index contributed by atoms with van der Waals surface area (Å²) in [4.78, 5) is 38.6. The summed E-state index contributed by atoms with van der Waals surface area (Å²) in [5.41, 5.74) is 0.413. The van der Waals surface area contributed by atoms with Crippen LogP contribution in [-0.4, -0.2) is 96.7 Å². The molecule has 54 heavy (non-hydrogen) atoms. The summed E-state index contributed by atoms with van der Waals surface area (Å²) in [6.07, 6.45) is 4.67. The summed E-state index contributed by atoms with van der Waals surface area (Å²) in [6.45, 7) is 9.63. The first-order valence-electron chi connectivity index (χ1n) is 18.9. The average molecular weight is 775 g/mol. The van der Waals surface area contributed by atoms with E-state index in [1.54, 1.807) is 43.5 Å². The van der Waals surface area contributed by atoms with Crippen LogP contribution in [0.5, 0.6) is 0 Å².